The van der Waals surface area contributed by atoms with E-state index in [9.17, 15) is 4.79 Å². The Labute approximate surface area is 158 Å². The number of hydrogen-bond acceptors (Lipinski definition) is 3. The number of thioether (sulfide) groups is 1. The zero-order chi connectivity index (χ0) is 16.7. The molecular formula is C19H18BrNOS2. The van der Waals surface area contributed by atoms with E-state index < -0.39 is 0 Å². The Kier molecular flexibility index (Phi) is 4.58. The Morgan fingerprint density at radius 2 is 2.12 bits per heavy atom. The number of fused-ring (bicyclic) bond motifs is 3. The molecule has 1 N–H and O–H groups in total. The lowest BCUT2D eigenvalue weighted by Crippen LogP contribution is -2.15. The Hall–Kier alpha value is -1.04. The first-order valence-corrected chi connectivity index (χ1v) is 10.7. The maximum atomic E-state index is 12.6. The molecule has 1 aliphatic heterocycles. The van der Waals surface area contributed by atoms with Crippen LogP contribution >= 0.6 is 39.0 Å². The number of thiophene rings is 1. The SMILES string of the molecule is CC1CCc2c(sc3c2CSC(C(=O)Nc2ccccc2Br)=C3)C1. The third-order valence-corrected chi connectivity index (χ3v) is 7.61. The maximum Gasteiger partial charge on any atom is 0.262 e. The molecule has 1 amide bonds. The molecule has 2 nitrogen and oxygen atoms in total. The third kappa shape index (κ3) is 3.09. The number of anilines is 1. The van der Waals surface area contributed by atoms with Gasteiger partial charge >= 0.3 is 0 Å². The number of para-hydroxylation sites is 1. The van der Waals surface area contributed by atoms with Crippen molar-refractivity contribution in [1.82, 2.24) is 0 Å². The van der Waals surface area contributed by atoms with E-state index in [1.165, 1.54) is 29.7 Å². The van der Waals surface area contributed by atoms with Crippen molar-refractivity contribution < 1.29 is 4.79 Å². The second-order valence-corrected chi connectivity index (χ2v) is 9.43. The van der Waals surface area contributed by atoms with Gasteiger partial charge in [0.2, 0.25) is 0 Å². The Bertz CT molecular complexity index is 840. The number of halogens is 1. The van der Waals surface area contributed by atoms with E-state index in [0.717, 1.165) is 26.7 Å². The molecule has 2 aliphatic rings. The highest BCUT2D eigenvalue weighted by Gasteiger charge is 2.27. The molecule has 1 unspecified atom stereocenters. The molecule has 0 saturated heterocycles. The van der Waals surface area contributed by atoms with E-state index in [1.807, 2.05) is 35.6 Å². The summed E-state index contributed by atoms with van der Waals surface area (Å²) in [5.41, 5.74) is 3.86. The van der Waals surface area contributed by atoms with Gasteiger partial charge < -0.3 is 5.32 Å². The van der Waals surface area contributed by atoms with Crippen LogP contribution in [0.4, 0.5) is 5.69 Å². The lowest BCUT2D eigenvalue weighted by Gasteiger charge is -2.20. The second kappa shape index (κ2) is 6.70. The molecule has 1 aliphatic carbocycles. The summed E-state index contributed by atoms with van der Waals surface area (Å²) in [4.78, 5) is 16.3. The first-order chi connectivity index (χ1) is 11.6. The van der Waals surface area contributed by atoms with Gasteiger partial charge in [0.25, 0.3) is 5.91 Å². The second-order valence-electron chi connectivity index (χ2n) is 6.43. The smallest absolute Gasteiger partial charge is 0.262 e. The molecule has 1 aromatic heterocycles. The predicted molar refractivity (Wildman–Crippen MR) is 108 cm³/mol. The van der Waals surface area contributed by atoms with Crippen LogP contribution in [0.25, 0.3) is 6.08 Å². The minimum atomic E-state index is -0.0164. The summed E-state index contributed by atoms with van der Waals surface area (Å²) in [5, 5.41) is 3.01. The van der Waals surface area contributed by atoms with Crippen molar-refractivity contribution in [1.29, 1.82) is 0 Å². The zero-order valence-electron chi connectivity index (χ0n) is 13.4. The van der Waals surface area contributed by atoms with Crippen LogP contribution in [0.1, 0.15) is 34.2 Å². The van der Waals surface area contributed by atoms with Crippen LogP contribution in [-0.2, 0) is 23.4 Å². The summed E-state index contributed by atoms with van der Waals surface area (Å²) in [7, 11) is 0. The van der Waals surface area contributed by atoms with Crippen molar-refractivity contribution >= 4 is 56.7 Å². The van der Waals surface area contributed by atoms with E-state index in [1.54, 1.807) is 22.2 Å². The molecule has 1 aromatic carbocycles. The van der Waals surface area contributed by atoms with Gasteiger partial charge in [0.1, 0.15) is 0 Å². The highest BCUT2D eigenvalue weighted by atomic mass is 79.9. The van der Waals surface area contributed by atoms with Gasteiger partial charge in [-0.3, -0.25) is 4.79 Å². The quantitative estimate of drug-likeness (QED) is 0.659. The first-order valence-electron chi connectivity index (χ1n) is 8.15. The summed E-state index contributed by atoms with van der Waals surface area (Å²) < 4.78 is 0.904. The lowest BCUT2D eigenvalue weighted by atomic mass is 9.88. The summed E-state index contributed by atoms with van der Waals surface area (Å²) in [6.45, 7) is 2.34. The maximum absolute atomic E-state index is 12.6. The number of rotatable bonds is 2. The molecule has 4 rings (SSSR count). The van der Waals surface area contributed by atoms with Crippen LogP contribution in [0.5, 0.6) is 0 Å². The molecule has 2 heterocycles. The third-order valence-electron chi connectivity index (χ3n) is 4.63. The molecule has 0 bridgehead atoms. The van der Waals surface area contributed by atoms with Crippen LogP contribution in [-0.4, -0.2) is 5.91 Å². The van der Waals surface area contributed by atoms with E-state index in [-0.39, 0.29) is 5.91 Å². The molecule has 1 atom stereocenters. The van der Waals surface area contributed by atoms with Crippen molar-refractivity contribution in [2.45, 2.75) is 31.9 Å². The standard InChI is InChI=1S/C19H18BrNOS2/c1-11-6-7-12-13-10-23-18(9-17(13)24-16(12)8-11)19(22)21-15-5-3-2-4-14(15)20/h2-5,9,11H,6-8,10H2,1H3,(H,21,22). The van der Waals surface area contributed by atoms with Gasteiger partial charge in [0, 0.05) is 20.0 Å². The van der Waals surface area contributed by atoms with Crippen LogP contribution in [0.15, 0.2) is 33.6 Å². The Morgan fingerprint density at radius 3 is 2.96 bits per heavy atom. The number of carbonyl (C=O) groups excluding carboxylic acids is 1. The average Bonchev–Trinajstić information content (AvgIpc) is 2.93. The number of carbonyl (C=O) groups is 1. The Morgan fingerprint density at radius 1 is 1.29 bits per heavy atom. The zero-order valence-corrected chi connectivity index (χ0v) is 16.6. The topological polar surface area (TPSA) is 29.1 Å². The van der Waals surface area contributed by atoms with Crippen molar-refractivity contribution in [3.8, 4) is 0 Å². The summed E-state index contributed by atoms with van der Waals surface area (Å²) in [5.74, 6) is 1.69. The lowest BCUT2D eigenvalue weighted by molar-refractivity contribution is -0.112. The van der Waals surface area contributed by atoms with Crippen LogP contribution in [0.2, 0.25) is 0 Å². The van der Waals surface area contributed by atoms with Gasteiger partial charge in [-0.15, -0.1) is 23.1 Å². The number of nitrogens with one attached hydrogen (secondary N) is 1. The molecule has 0 radical (unpaired) electrons. The molecule has 0 saturated carbocycles. The summed E-state index contributed by atoms with van der Waals surface area (Å²) in [6, 6.07) is 7.71. The molecule has 124 valence electrons. The van der Waals surface area contributed by atoms with Gasteiger partial charge in [-0.1, -0.05) is 19.1 Å². The van der Waals surface area contributed by atoms with Gasteiger partial charge in [-0.2, -0.15) is 0 Å². The molecular weight excluding hydrogens is 402 g/mol. The Balaban J connectivity index is 1.59. The van der Waals surface area contributed by atoms with Gasteiger partial charge in [-0.25, -0.2) is 0 Å². The molecule has 0 fully saturated rings. The number of amides is 1. The minimum absolute atomic E-state index is 0.0164. The van der Waals surface area contributed by atoms with Crippen LogP contribution < -0.4 is 5.32 Å². The number of benzene rings is 1. The first kappa shape index (κ1) is 16.4. The van der Waals surface area contributed by atoms with Gasteiger partial charge in [0.15, 0.2) is 0 Å². The normalized spacial score (nSPS) is 19.2. The van der Waals surface area contributed by atoms with E-state index >= 15 is 0 Å². The van der Waals surface area contributed by atoms with Crippen LogP contribution in [0.3, 0.4) is 0 Å². The molecule has 2 aromatic rings. The van der Waals surface area contributed by atoms with E-state index in [4.69, 9.17) is 0 Å². The van der Waals surface area contributed by atoms with Gasteiger partial charge in [0.05, 0.1) is 10.6 Å². The van der Waals surface area contributed by atoms with Crippen molar-refractivity contribution in [2.24, 2.45) is 5.92 Å². The van der Waals surface area contributed by atoms with Crippen molar-refractivity contribution in [3.63, 3.8) is 0 Å². The average molecular weight is 420 g/mol. The van der Waals surface area contributed by atoms with Gasteiger partial charge in [-0.05, 0) is 70.4 Å². The summed E-state index contributed by atoms with van der Waals surface area (Å²) in [6.07, 6.45) is 5.78. The van der Waals surface area contributed by atoms with Crippen molar-refractivity contribution in [3.05, 3.63) is 54.5 Å². The fourth-order valence-electron chi connectivity index (χ4n) is 3.30. The van der Waals surface area contributed by atoms with Crippen molar-refractivity contribution in [2.75, 3.05) is 5.32 Å². The van der Waals surface area contributed by atoms with Crippen LogP contribution in [0, 0.1) is 5.92 Å². The van der Waals surface area contributed by atoms with E-state index in [0.29, 0.717) is 0 Å². The predicted octanol–water partition coefficient (Wildman–Crippen LogP) is 5.86. The monoisotopic (exact) mass is 419 g/mol. The fourth-order valence-corrected chi connectivity index (χ4v) is 6.34. The minimum Gasteiger partial charge on any atom is -0.320 e. The highest BCUT2D eigenvalue weighted by Crippen LogP contribution is 2.43. The number of hydrogen-bond donors (Lipinski definition) is 1. The largest absolute Gasteiger partial charge is 0.320 e. The highest BCUT2D eigenvalue weighted by molar-refractivity contribution is 9.10. The molecule has 5 heteroatoms. The summed E-state index contributed by atoms with van der Waals surface area (Å²) >= 11 is 7.03. The molecule has 0 spiro atoms. The fraction of sp³-hybridized carbons (Fsp3) is 0.316. The van der Waals surface area contributed by atoms with E-state index in [2.05, 4.69) is 34.2 Å². The molecule has 24 heavy (non-hydrogen) atoms.